The van der Waals surface area contributed by atoms with E-state index in [9.17, 15) is 9.59 Å². The molecule has 0 aromatic heterocycles. The molecule has 0 saturated carbocycles. The van der Waals surface area contributed by atoms with Crippen LogP contribution in [0, 0.1) is 6.92 Å². The highest BCUT2D eigenvalue weighted by Crippen LogP contribution is 2.32. The van der Waals surface area contributed by atoms with E-state index in [0.29, 0.717) is 17.1 Å². The van der Waals surface area contributed by atoms with Gasteiger partial charge in [0, 0.05) is 17.0 Å². The van der Waals surface area contributed by atoms with Crippen LogP contribution in [0.1, 0.15) is 43.4 Å². The molecule has 1 amide bonds. The second-order valence-electron chi connectivity index (χ2n) is 6.51. The number of nitrogens with one attached hydrogen (secondary N) is 1. The SMILES string of the molecule is CC(=O)Oc1ccccc1C=NNC(=O)COc1cc(C)c(Br)cc1C(C)C. The monoisotopic (exact) mass is 446 g/mol. The average Bonchev–Trinajstić information content (AvgIpc) is 2.63. The van der Waals surface area contributed by atoms with Gasteiger partial charge in [0.05, 0.1) is 6.21 Å². The van der Waals surface area contributed by atoms with Crippen molar-refractivity contribution in [1.29, 1.82) is 0 Å². The summed E-state index contributed by atoms with van der Waals surface area (Å²) in [6.45, 7) is 7.25. The Morgan fingerprint density at radius 3 is 2.61 bits per heavy atom. The lowest BCUT2D eigenvalue weighted by atomic mass is 10.0. The number of carbonyl (C=O) groups is 2. The molecule has 0 aliphatic heterocycles. The Bertz CT molecular complexity index is 894. The number of nitrogens with zero attached hydrogens (tertiary/aromatic N) is 1. The summed E-state index contributed by atoms with van der Waals surface area (Å²) < 4.78 is 11.8. The van der Waals surface area contributed by atoms with Crippen LogP contribution in [0.2, 0.25) is 0 Å². The van der Waals surface area contributed by atoms with E-state index < -0.39 is 11.9 Å². The van der Waals surface area contributed by atoms with Crippen molar-refractivity contribution >= 4 is 34.0 Å². The number of para-hydroxylation sites is 1. The summed E-state index contributed by atoms with van der Waals surface area (Å²) in [5.74, 6) is 0.484. The molecular weight excluding hydrogens is 424 g/mol. The first-order chi connectivity index (χ1) is 13.3. The van der Waals surface area contributed by atoms with E-state index in [1.807, 2.05) is 19.1 Å². The van der Waals surface area contributed by atoms with Crippen LogP contribution in [-0.2, 0) is 9.59 Å². The van der Waals surface area contributed by atoms with Gasteiger partial charge < -0.3 is 9.47 Å². The Morgan fingerprint density at radius 2 is 1.93 bits per heavy atom. The van der Waals surface area contributed by atoms with Crippen molar-refractivity contribution in [2.45, 2.75) is 33.6 Å². The molecule has 6 nitrogen and oxygen atoms in total. The number of rotatable bonds is 7. The molecule has 2 rings (SSSR count). The number of hydrazone groups is 1. The van der Waals surface area contributed by atoms with Crippen molar-refractivity contribution < 1.29 is 19.1 Å². The number of amides is 1. The third-order valence-electron chi connectivity index (χ3n) is 3.84. The summed E-state index contributed by atoms with van der Waals surface area (Å²) >= 11 is 3.52. The number of aryl methyl sites for hydroxylation is 1. The summed E-state index contributed by atoms with van der Waals surface area (Å²) in [6.07, 6.45) is 1.42. The second kappa shape index (κ2) is 10.0. The smallest absolute Gasteiger partial charge is 0.308 e. The Hall–Kier alpha value is -2.67. The van der Waals surface area contributed by atoms with Crippen molar-refractivity contribution in [1.82, 2.24) is 5.43 Å². The molecule has 0 radical (unpaired) electrons. The van der Waals surface area contributed by atoms with Gasteiger partial charge >= 0.3 is 5.97 Å². The molecule has 0 heterocycles. The maximum absolute atomic E-state index is 12.1. The van der Waals surface area contributed by atoms with E-state index in [0.717, 1.165) is 15.6 Å². The van der Waals surface area contributed by atoms with Crippen LogP contribution >= 0.6 is 15.9 Å². The van der Waals surface area contributed by atoms with E-state index in [2.05, 4.69) is 40.3 Å². The molecule has 7 heteroatoms. The van der Waals surface area contributed by atoms with E-state index in [-0.39, 0.29) is 12.5 Å². The number of carbonyl (C=O) groups excluding carboxylic acids is 2. The fourth-order valence-corrected chi connectivity index (χ4v) is 2.79. The molecule has 0 spiro atoms. The predicted octanol–water partition coefficient (Wildman–Crippen LogP) is 4.34. The van der Waals surface area contributed by atoms with E-state index in [4.69, 9.17) is 9.47 Å². The quantitative estimate of drug-likeness (QED) is 0.297. The molecule has 148 valence electrons. The van der Waals surface area contributed by atoms with Gasteiger partial charge in [0.2, 0.25) is 0 Å². The first-order valence-corrected chi connectivity index (χ1v) is 9.59. The molecule has 2 aromatic rings. The number of hydrogen-bond acceptors (Lipinski definition) is 5. The molecule has 1 N–H and O–H groups in total. The van der Waals surface area contributed by atoms with Crippen LogP contribution in [0.25, 0.3) is 0 Å². The third-order valence-corrected chi connectivity index (χ3v) is 4.69. The Morgan fingerprint density at radius 1 is 1.21 bits per heavy atom. The summed E-state index contributed by atoms with van der Waals surface area (Å²) in [7, 11) is 0. The Kier molecular flexibility index (Phi) is 7.75. The summed E-state index contributed by atoms with van der Waals surface area (Å²) in [5, 5.41) is 3.91. The number of benzene rings is 2. The molecule has 28 heavy (non-hydrogen) atoms. The normalized spacial score (nSPS) is 10.9. The number of esters is 1. The van der Waals surface area contributed by atoms with E-state index in [1.54, 1.807) is 24.3 Å². The fourth-order valence-electron chi connectivity index (χ4n) is 2.43. The minimum Gasteiger partial charge on any atom is -0.483 e. The Labute approximate surface area is 173 Å². The van der Waals surface area contributed by atoms with Crippen molar-refractivity contribution in [3.05, 3.63) is 57.6 Å². The molecule has 0 bridgehead atoms. The number of ether oxygens (including phenoxy) is 2. The van der Waals surface area contributed by atoms with Crippen molar-refractivity contribution in [2.75, 3.05) is 6.61 Å². The van der Waals surface area contributed by atoms with Crippen molar-refractivity contribution in [3.8, 4) is 11.5 Å². The molecule has 0 fully saturated rings. The van der Waals surface area contributed by atoms with Crippen LogP contribution in [-0.4, -0.2) is 24.7 Å². The predicted molar refractivity (Wildman–Crippen MR) is 112 cm³/mol. The average molecular weight is 447 g/mol. The minimum absolute atomic E-state index is 0.163. The molecule has 0 atom stereocenters. The minimum atomic E-state index is -0.427. The molecule has 2 aromatic carbocycles. The largest absolute Gasteiger partial charge is 0.483 e. The summed E-state index contributed by atoms with van der Waals surface area (Å²) in [6, 6.07) is 10.8. The molecular formula is C21H23BrN2O4. The number of hydrogen-bond donors (Lipinski definition) is 1. The number of halogens is 1. The lowest BCUT2D eigenvalue weighted by Crippen LogP contribution is -2.25. The highest BCUT2D eigenvalue weighted by Gasteiger charge is 2.12. The van der Waals surface area contributed by atoms with Gasteiger partial charge in [-0.15, -0.1) is 0 Å². The highest BCUT2D eigenvalue weighted by atomic mass is 79.9. The maximum Gasteiger partial charge on any atom is 0.308 e. The van der Waals surface area contributed by atoms with Gasteiger partial charge in [-0.25, -0.2) is 5.43 Å². The molecule has 0 aliphatic carbocycles. The van der Waals surface area contributed by atoms with Crippen molar-refractivity contribution in [3.63, 3.8) is 0 Å². The zero-order valence-electron chi connectivity index (χ0n) is 16.3. The summed E-state index contributed by atoms with van der Waals surface area (Å²) in [4.78, 5) is 23.2. The molecule has 0 aliphatic rings. The van der Waals surface area contributed by atoms with E-state index in [1.165, 1.54) is 13.1 Å². The van der Waals surface area contributed by atoms with Crippen LogP contribution in [0.5, 0.6) is 11.5 Å². The first-order valence-electron chi connectivity index (χ1n) is 8.80. The molecule has 0 unspecified atom stereocenters. The van der Waals surface area contributed by atoms with Crippen molar-refractivity contribution in [2.24, 2.45) is 5.10 Å². The topological polar surface area (TPSA) is 77.0 Å². The van der Waals surface area contributed by atoms with Crippen LogP contribution in [0.15, 0.2) is 46.0 Å². The van der Waals surface area contributed by atoms with Crippen LogP contribution in [0.3, 0.4) is 0 Å². The lowest BCUT2D eigenvalue weighted by molar-refractivity contribution is -0.132. The second-order valence-corrected chi connectivity index (χ2v) is 7.36. The van der Waals surface area contributed by atoms with Gasteiger partial charge in [0.25, 0.3) is 5.91 Å². The summed E-state index contributed by atoms with van der Waals surface area (Å²) in [5.41, 5.74) is 5.03. The van der Waals surface area contributed by atoms with Gasteiger partial charge in [0.15, 0.2) is 6.61 Å². The van der Waals surface area contributed by atoms with Gasteiger partial charge in [-0.2, -0.15) is 5.10 Å². The van der Waals surface area contributed by atoms with Gasteiger partial charge in [-0.05, 0) is 48.2 Å². The Balaban J connectivity index is 1.98. The van der Waals surface area contributed by atoms with Crippen LogP contribution < -0.4 is 14.9 Å². The fraction of sp³-hybridized carbons (Fsp3) is 0.286. The first kappa shape index (κ1) is 21.6. The lowest BCUT2D eigenvalue weighted by Gasteiger charge is -2.15. The standard InChI is InChI=1S/C21H23BrN2O4/c1-13(2)17-10-18(22)14(3)9-20(17)27-12-21(26)24-23-11-16-7-5-6-8-19(16)28-15(4)25/h5-11,13H,12H2,1-4H3,(H,24,26). The zero-order valence-corrected chi connectivity index (χ0v) is 17.9. The van der Waals surface area contributed by atoms with E-state index >= 15 is 0 Å². The highest BCUT2D eigenvalue weighted by molar-refractivity contribution is 9.10. The van der Waals surface area contributed by atoms with Gasteiger partial charge in [0.1, 0.15) is 11.5 Å². The zero-order chi connectivity index (χ0) is 20.7. The third kappa shape index (κ3) is 6.20. The van der Waals surface area contributed by atoms with Gasteiger partial charge in [-0.1, -0.05) is 41.9 Å². The van der Waals surface area contributed by atoms with Crippen LogP contribution in [0.4, 0.5) is 0 Å². The van der Waals surface area contributed by atoms with Gasteiger partial charge in [-0.3, -0.25) is 9.59 Å². The molecule has 0 saturated heterocycles. The maximum atomic E-state index is 12.1.